The van der Waals surface area contributed by atoms with E-state index in [9.17, 15) is 4.79 Å². The summed E-state index contributed by atoms with van der Waals surface area (Å²) in [5, 5.41) is 6.81. The number of aryl methyl sites for hydroxylation is 1. The second-order valence-electron chi connectivity index (χ2n) is 9.81. The van der Waals surface area contributed by atoms with Crippen molar-refractivity contribution in [2.45, 2.75) is 33.6 Å². The van der Waals surface area contributed by atoms with Crippen LogP contribution >= 0.6 is 0 Å². The van der Waals surface area contributed by atoms with Crippen LogP contribution in [0.2, 0.25) is 0 Å². The maximum absolute atomic E-state index is 12.4. The number of amides is 1. The average Bonchev–Trinajstić information content (AvgIpc) is 2.84. The number of rotatable bonds is 6. The Kier molecular flexibility index (Phi) is 8.07. The van der Waals surface area contributed by atoms with Gasteiger partial charge in [0.1, 0.15) is 0 Å². The van der Waals surface area contributed by atoms with Crippen LogP contribution in [0.5, 0.6) is 0 Å². The molecule has 9 heteroatoms. The van der Waals surface area contributed by atoms with Crippen molar-refractivity contribution < 1.29 is 4.79 Å². The van der Waals surface area contributed by atoms with Gasteiger partial charge >= 0.3 is 0 Å². The van der Waals surface area contributed by atoms with Crippen LogP contribution in [0.3, 0.4) is 0 Å². The fourth-order valence-electron chi connectivity index (χ4n) is 4.92. The van der Waals surface area contributed by atoms with Gasteiger partial charge in [0.05, 0.1) is 5.69 Å². The number of hydrogen-bond donors (Lipinski definition) is 3. The quantitative estimate of drug-likeness (QED) is 0.568. The lowest BCUT2D eigenvalue weighted by Gasteiger charge is -2.36. The van der Waals surface area contributed by atoms with Crippen molar-refractivity contribution in [3.05, 3.63) is 46.6 Å². The number of anilines is 2. The number of nitrogens with zero attached hydrogens (tertiary/aromatic N) is 5. The van der Waals surface area contributed by atoms with Gasteiger partial charge in [-0.05, 0) is 44.4 Å². The first kappa shape index (κ1) is 25.2. The van der Waals surface area contributed by atoms with E-state index in [2.05, 4.69) is 69.4 Å². The maximum atomic E-state index is 12.4. The SMILES string of the molecule is CCc1nc(C(N)=O)c(NC2=CC(C)C/C=C(\N3CCN(C)CC3)C(C)=C2)nc1N1CCNCC1. The molecule has 4 rings (SSSR count). The van der Waals surface area contributed by atoms with Gasteiger partial charge in [0.15, 0.2) is 17.3 Å². The first-order valence-corrected chi connectivity index (χ1v) is 12.8. The molecule has 3 heterocycles. The molecule has 0 aromatic carbocycles. The van der Waals surface area contributed by atoms with Gasteiger partial charge in [0.25, 0.3) is 5.91 Å². The Balaban J connectivity index is 1.66. The van der Waals surface area contributed by atoms with Crippen molar-refractivity contribution in [2.75, 3.05) is 69.6 Å². The molecule has 9 nitrogen and oxygen atoms in total. The van der Waals surface area contributed by atoms with Crippen LogP contribution in [0, 0.1) is 5.92 Å². The molecule has 190 valence electrons. The summed E-state index contributed by atoms with van der Waals surface area (Å²) in [7, 11) is 2.18. The largest absolute Gasteiger partial charge is 0.369 e. The van der Waals surface area contributed by atoms with E-state index in [1.807, 2.05) is 6.92 Å². The van der Waals surface area contributed by atoms with Crippen molar-refractivity contribution in [3.8, 4) is 0 Å². The fourth-order valence-corrected chi connectivity index (χ4v) is 4.92. The zero-order valence-corrected chi connectivity index (χ0v) is 21.6. The molecule has 2 saturated heterocycles. The Hall–Kier alpha value is -2.91. The third-order valence-corrected chi connectivity index (χ3v) is 6.96. The molecule has 35 heavy (non-hydrogen) atoms. The van der Waals surface area contributed by atoms with Crippen molar-refractivity contribution in [1.82, 2.24) is 25.1 Å². The molecule has 0 bridgehead atoms. The third-order valence-electron chi connectivity index (χ3n) is 6.96. The molecule has 3 aliphatic rings. The molecule has 1 atom stereocenters. The van der Waals surface area contributed by atoms with E-state index >= 15 is 0 Å². The number of aromatic nitrogens is 2. The van der Waals surface area contributed by atoms with Crippen LogP contribution in [0.4, 0.5) is 11.6 Å². The summed E-state index contributed by atoms with van der Waals surface area (Å²) >= 11 is 0. The van der Waals surface area contributed by atoms with E-state index in [4.69, 9.17) is 10.7 Å². The molecule has 0 radical (unpaired) electrons. The summed E-state index contributed by atoms with van der Waals surface area (Å²) in [6.45, 7) is 14.1. The third kappa shape index (κ3) is 6.02. The highest BCUT2D eigenvalue weighted by atomic mass is 16.1. The molecule has 1 unspecified atom stereocenters. The zero-order valence-electron chi connectivity index (χ0n) is 21.6. The molecule has 4 N–H and O–H groups in total. The monoisotopic (exact) mass is 480 g/mol. The summed E-state index contributed by atoms with van der Waals surface area (Å²) < 4.78 is 0. The summed E-state index contributed by atoms with van der Waals surface area (Å²) in [5.41, 5.74) is 10.2. The van der Waals surface area contributed by atoms with Gasteiger partial charge in [-0.2, -0.15) is 0 Å². The van der Waals surface area contributed by atoms with Gasteiger partial charge in [-0.3, -0.25) is 4.79 Å². The van der Waals surface area contributed by atoms with Gasteiger partial charge in [0, 0.05) is 63.8 Å². The number of allylic oxidation sites excluding steroid dienone is 4. The molecule has 1 aromatic rings. The van der Waals surface area contributed by atoms with Gasteiger partial charge in [-0.25, -0.2) is 9.97 Å². The van der Waals surface area contributed by atoms with Crippen LogP contribution in [0.15, 0.2) is 35.2 Å². The van der Waals surface area contributed by atoms with E-state index < -0.39 is 5.91 Å². The van der Waals surface area contributed by atoms with Crippen molar-refractivity contribution in [1.29, 1.82) is 0 Å². The molecular formula is C26H40N8O. The predicted molar refractivity (Wildman–Crippen MR) is 141 cm³/mol. The Labute approximate surface area is 209 Å². The number of nitrogens with one attached hydrogen (secondary N) is 2. The highest BCUT2D eigenvalue weighted by molar-refractivity contribution is 5.96. The Bertz CT molecular complexity index is 1020. The molecule has 2 aliphatic heterocycles. The second-order valence-corrected chi connectivity index (χ2v) is 9.81. The Morgan fingerprint density at radius 3 is 2.51 bits per heavy atom. The van der Waals surface area contributed by atoms with E-state index in [0.717, 1.165) is 76.0 Å². The number of nitrogens with two attached hydrogens (primary N) is 1. The van der Waals surface area contributed by atoms with Gasteiger partial charge in [0.2, 0.25) is 0 Å². The van der Waals surface area contributed by atoms with Crippen LogP contribution < -0.4 is 21.3 Å². The molecule has 0 spiro atoms. The van der Waals surface area contributed by atoms with Crippen LogP contribution in [0.1, 0.15) is 43.4 Å². The van der Waals surface area contributed by atoms with E-state index in [-0.39, 0.29) is 5.69 Å². The van der Waals surface area contributed by atoms with Crippen molar-refractivity contribution in [2.24, 2.45) is 11.7 Å². The predicted octanol–water partition coefficient (Wildman–Crippen LogP) is 1.96. The van der Waals surface area contributed by atoms with E-state index in [0.29, 0.717) is 18.2 Å². The summed E-state index contributed by atoms with van der Waals surface area (Å²) in [6, 6.07) is 0. The van der Waals surface area contributed by atoms with Crippen molar-refractivity contribution >= 4 is 17.5 Å². The molecule has 0 saturated carbocycles. The number of carbonyl (C=O) groups excluding carboxylic acids is 1. The van der Waals surface area contributed by atoms with E-state index in [1.165, 1.54) is 11.3 Å². The van der Waals surface area contributed by atoms with Gasteiger partial charge in [-0.1, -0.05) is 26.0 Å². The maximum Gasteiger partial charge on any atom is 0.271 e. The minimum atomic E-state index is -0.570. The lowest BCUT2D eigenvalue weighted by Crippen LogP contribution is -2.44. The number of piperazine rings is 2. The first-order chi connectivity index (χ1) is 16.9. The molecule has 2 fully saturated rings. The fraction of sp³-hybridized carbons (Fsp3) is 0.577. The summed E-state index contributed by atoms with van der Waals surface area (Å²) in [5.74, 6) is 1.02. The zero-order chi connectivity index (χ0) is 24.9. The highest BCUT2D eigenvalue weighted by Gasteiger charge is 2.23. The van der Waals surface area contributed by atoms with Crippen LogP contribution in [-0.2, 0) is 6.42 Å². The summed E-state index contributed by atoms with van der Waals surface area (Å²) in [4.78, 5) is 29.0. The lowest BCUT2D eigenvalue weighted by atomic mass is 9.99. The normalized spacial score (nSPS) is 23.5. The topological polar surface area (TPSA) is 103 Å². The van der Waals surface area contributed by atoms with E-state index in [1.54, 1.807) is 0 Å². The Morgan fingerprint density at radius 2 is 1.86 bits per heavy atom. The number of likely N-dealkylation sites (N-methyl/N-ethyl adjacent to an activating group) is 1. The Morgan fingerprint density at radius 1 is 1.14 bits per heavy atom. The first-order valence-electron chi connectivity index (χ1n) is 12.8. The lowest BCUT2D eigenvalue weighted by molar-refractivity contribution is 0.0996. The second kappa shape index (κ2) is 11.2. The minimum Gasteiger partial charge on any atom is -0.369 e. The average molecular weight is 481 g/mol. The van der Waals surface area contributed by atoms with Gasteiger partial charge in [-0.15, -0.1) is 0 Å². The standard InChI is InChI=1S/C26H40N8O/c1-5-21-26(34-10-8-28-9-11-34)31-25(23(30-21)24(27)35)29-20-16-18(2)6-7-22(19(3)17-20)33-14-12-32(4)13-15-33/h7,16-18,28H,5-6,8-15H2,1-4H3,(H2,27,35)(H,29,31)/b19-17?,20-16?,22-7-. The van der Waals surface area contributed by atoms with Gasteiger partial charge < -0.3 is 31.1 Å². The summed E-state index contributed by atoms with van der Waals surface area (Å²) in [6.07, 6.45) is 8.36. The molecular weight excluding hydrogens is 440 g/mol. The number of carbonyl (C=O) groups is 1. The molecule has 1 amide bonds. The van der Waals surface area contributed by atoms with Crippen molar-refractivity contribution in [3.63, 3.8) is 0 Å². The minimum absolute atomic E-state index is 0.192. The molecule has 1 aromatic heterocycles. The number of hydrogen-bond acceptors (Lipinski definition) is 8. The highest BCUT2D eigenvalue weighted by Crippen LogP contribution is 2.28. The smallest absolute Gasteiger partial charge is 0.271 e. The molecule has 1 aliphatic carbocycles. The van der Waals surface area contributed by atoms with Crippen LogP contribution in [0.25, 0.3) is 0 Å². The number of primary amides is 1. The van der Waals surface area contributed by atoms with Crippen LogP contribution in [-0.4, -0.2) is 85.1 Å².